The molecule has 0 saturated heterocycles. The molecular formula is C54H34N2O. The second kappa shape index (κ2) is 12.5. The minimum atomic E-state index is 0.907. The van der Waals surface area contributed by atoms with E-state index in [2.05, 4.69) is 203 Å². The molecule has 3 heteroatoms. The van der Waals surface area contributed by atoms with Crippen LogP contribution in [0.25, 0.3) is 110 Å². The van der Waals surface area contributed by atoms with Gasteiger partial charge in [0.2, 0.25) is 0 Å². The predicted octanol–water partition coefficient (Wildman–Crippen LogP) is 14.8. The molecule has 0 atom stereocenters. The maximum Gasteiger partial charge on any atom is 0.135 e. The van der Waals surface area contributed by atoms with E-state index in [9.17, 15) is 0 Å². The van der Waals surface area contributed by atoms with Gasteiger partial charge in [0.25, 0.3) is 0 Å². The van der Waals surface area contributed by atoms with Crippen molar-refractivity contribution >= 4 is 65.6 Å². The topological polar surface area (TPSA) is 23.0 Å². The Balaban J connectivity index is 1.05. The van der Waals surface area contributed by atoms with E-state index in [4.69, 9.17) is 4.42 Å². The second-order valence-corrected chi connectivity index (χ2v) is 14.9. The Kier molecular flexibility index (Phi) is 6.93. The van der Waals surface area contributed by atoms with Gasteiger partial charge < -0.3 is 13.6 Å². The smallest absolute Gasteiger partial charge is 0.135 e. The quantitative estimate of drug-likeness (QED) is 0.173. The van der Waals surface area contributed by atoms with Crippen LogP contribution in [0.4, 0.5) is 0 Å². The van der Waals surface area contributed by atoms with Crippen molar-refractivity contribution in [2.75, 3.05) is 0 Å². The average Bonchev–Trinajstić information content (AvgIpc) is 3.93. The first-order valence-electron chi connectivity index (χ1n) is 19.5. The molecular weight excluding hydrogens is 693 g/mol. The largest absolute Gasteiger partial charge is 0.456 e. The Bertz CT molecular complexity index is 3490. The highest BCUT2D eigenvalue weighted by Crippen LogP contribution is 2.40. The summed E-state index contributed by atoms with van der Waals surface area (Å²) in [6.45, 7) is 0. The zero-order valence-corrected chi connectivity index (χ0v) is 30.9. The molecule has 266 valence electrons. The maximum absolute atomic E-state index is 6.18. The predicted molar refractivity (Wildman–Crippen MR) is 239 cm³/mol. The molecule has 3 heterocycles. The number of hydrogen-bond acceptors (Lipinski definition) is 1. The van der Waals surface area contributed by atoms with Crippen LogP contribution in [0.15, 0.2) is 211 Å². The third-order valence-electron chi connectivity index (χ3n) is 11.7. The van der Waals surface area contributed by atoms with Crippen molar-refractivity contribution in [2.45, 2.75) is 0 Å². The normalized spacial score (nSPS) is 11.9. The van der Waals surface area contributed by atoms with E-state index in [1.54, 1.807) is 0 Å². The lowest BCUT2D eigenvalue weighted by Gasteiger charge is -2.10. The van der Waals surface area contributed by atoms with Crippen LogP contribution in [-0.2, 0) is 0 Å². The average molecular weight is 727 g/mol. The van der Waals surface area contributed by atoms with Gasteiger partial charge in [0.05, 0.1) is 22.1 Å². The van der Waals surface area contributed by atoms with Crippen LogP contribution in [0, 0.1) is 0 Å². The molecule has 57 heavy (non-hydrogen) atoms. The monoisotopic (exact) mass is 726 g/mol. The number of fused-ring (bicyclic) bond motifs is 9. The molecule has 0 aliphatic rings. The van der Waals surface area contributed by atoms with Gasteiger partial charge in [-0.05, 0) is 118 Å². The van der Waals surface area contributed by atoms with Crippen LogP contribution in [0.2, 0.25) is 0 Å². The van der Waals surface area contributed by atoms with Crippen molar-refractivity contribution < 1.29 is 4.42 Å². The van der Waals surface area contributed by atoms with Crippen molar-refractivity contribution in [3.05, 3.63) is 206 Å². The number of hydrogen-bond donors (Lipinski definition) is 0. The first-order chi connectivity index (χ1) is 28.2. The van der Waals surface area contributed by atoms with Gasteiger partial charge in [-0.3, -0.25) is 0 Å². The van der Waals surface area contributed by atoms with Crippen molar-refractivity contribution in [2.24, 2.45) is 0 Å². The summed E-state index contributed by atoms with van der Waals surface area (Å²) in [7, 11) is 0. The Labute approximate surface area is 328 Å². The van der Waals surface area contributed by atoms with Crippen LogP contribution < -0.4 is 0 Å². The molecule has 0 N–H and O–H groups in total. The molecule has 0 amide bonds. The zero-order valence-electron chi connectivity index (χ0n) is 30.9. The number of furan rings is 1. The summed E-state index contributed by atoms with van der Waals surface area (Å²) in [6.07, 6.45) is 0. The van der Waals surface area contributed by atoms with E-state index in [0.29, 0.717) is 0 Å². The molecule has 0 saturated carbocycles. The number of rotatable bonds is 5. The fraction of sp³-hybridized carbons (Fsp3) is 0. The third kappa shape index (κ3) is 4.99. The highest BCUT2D eigenvalue weighted by molar-refractivity contribution is 6.14. The Morgan fingerprint density at radius 1 is 0.246 bits per heavy atom. The third-order valence-corrected chi connectivity index (χ3v) is 11.7. The molecule has 3 nitrogen and oxygen atoms in total. The highest BCUT2D eigenvalue weighted by Gasteiger charge is 2.18. The molecule has 0 spiro atoms. The molecule has 12 rings (SSSR count). The zero-order chi connectivity index (χ0) is 37.5. The summed E-state index contributed by atoms with van der Waals surface area (Å²) >= 11 is 0. The molecule has 0 aliphatic carbocycles. The summed E-state index contributed by atoms with van der Waals surface area (Å²) in [6, 6.07) is 74.6. The van der Waals surface area contributed by atoms with Crippen LogP contribution in [0.3, 0.4) is 0 Å². The first kappa shape index (κ1) is 31.7. The SMILES string of the molecule is c1ccc(-c2ccc(-n3c4ccc(-c5ccc6oc7ccccc7c6c5)cc4c4cc(-c5ccc6c(c5)c5ccccc5n6-c5ccccc5)ccc43)cc2)cc1. The molecule has 0 fully saturated rings. The number of nitrogens with zero attached hydrogens (tertiary/aromatic N) is 2. The van der Waals surface area contributed by atoms with Gasteiger partial charge >= 0.3 is 0 Å². The number of para-hydroxylation sites is 3. The van der Waals surface area contributed by atoms with Crippen molar-refractivity contribution in [1.29, 1.82) is 0 Å². The van der Waals surface area contributed by atoms with E-state index in [-0.39, 0.29) is 0 Å². The van der Waals surface area contributed by atoms with Gasteiger partial charge in [-0.1, -0.05) is 121 Å². The minimum Gasteiger partial charge on any atom is -0.456 e. The Hall–Kier alpha value is -7.62. The highest BCUT2D eigenvalue weighted by atomic mass is 16.3. The van der Waals surface area contributed by atoms with E-state index in [0.717, 1.165) is 27.6 Å². The lowest BCUT2D eigenvalue weighted by Crippen LogP contribution is -1.94. The van der Waals surface area contributed by atoms with E-state index >= 15 is 0 Å². The lowest BCUT2D eigenvalue weighted by atomic mass is 9.98. The van der Waals surface area contributed by atoms with Crippen molar-refractivity contribution in [3.63, 3.8) is 0 Å². The summed E-state index contributed by atoms with van der Waals surface area (Å²) in [5.41, 5.74) is 16.0. The van der Waals surface area contributed by atoms with Crippen LogP contribution >= 0.6 is 0 Å². The number of benzene rings is 9. The molecule has 3 aromatic heterocycles. The molecule has 12 aromatic rings. The van der Waals surface area contributed by atoms with Gasteiger partial charge in [0.1, 0.15) is 11.2 Å². The van der Waals surface area contributed by atoms with Gasteiger partial charge in [-0.2, -0.15) is 0 Å². The standard InChI is InChI=1S/C54H34N2O/c1-3-11-35(12-4-1)36-19-25-42(26-20-36)56-51-28-22-38(37-21-27-50-45(31-37)43-15-7-9-17-49(43)55(50)41-13-5-2-6-14-41)32-46(51)47-33-39(23-29-52(47)56)40-24-30-54-48(34-40)44-16-8-10-18-53(44)57-54/h1-34H. The molecule has 0 bridgehead atoms. The fourth-order valence-electron chi connectivity index (χ4n) is 9.01. The molecule has 9 aromatic carbocycles. The van der Waals surface area contributed by atoms with Crippen molar-refractivity contribution in [1.82, 2.24) is 9.13 Å². The first-order valence-corrected chi connectivity index (χ1v) is 19.5. The van der Waals surface area contributed by atoms with E-state index in [1.807, 2.05) is 12.1 Å². The fourth-order valence-corrected chi connectivity index (χ4v) is 9.01. The van der Waals surface area contributed by atoms with Gasteiger partial charge in [-0.15, -0.1) is 0 Å². The second-order valence-electron chi connectivity index (χ2n) is 14.9. The van der Waals surface area contributed by atoms with Crippen molar-refractivity contribution in [3.8, 4) is 44.8 Å². The summed E-state index contributed by atoms with van der Waals surface area (Å²) in [5, 5.41) is 7.21. The van der Waals surface area contributed by atoms with E-state index in [1.165, 1.54) is 82.7 Å². The van der Waals surface area contributed by atoms with Crippen LogP contribution in [0.1, 0.15) is 0 Å². The van der Waals surface area contributed by atoms with Crippen LogP contribution in [0.5, 0.6) is 0 Å². The summed E-state index contributed by atoms with van der Waals surface area (Å²) in [5.74, 6) is 0. The summed E-state index contributed by atoms with van der Waals surface area (Å²) < 4.78 is 11.0. The van der Waals surface area contributed by atoms with Gasteiger partial charge in [0.15, 0.2) is 0 Å². The number of aromatic nitrogens is 2. The van der Waals surface area contributed by atoms with E-state index < -0.39 is 0 Å². The van der Waals surface area contributed by atoms with Crippen LogP contribution in [-0.4, -0.2) is 9.13 Å². The van der Waals surface area contributed by atoms with Gasteiger partial charge in [0, 0.05) is 43.7 Å². The Morgan fingerprint density at radius 3 is 1.28 bits per heavy atom. The lowest BCUT2D eigenvalue weighted by molar-refractivity contribution is 0.669. The molecule has 0 aliphatic heterocycles. The minimum absolute atomic E-state index is 0.907. The van der Waals surface area contributed by atoms with Gasteiger partial charge in [-0.25, -0.2) is 0 Å². The molecule has 0 unspecified atom stereocenters. The maximum atomic E-state index is 6.18. The molecule has 0 radical (unpaired) electrons. The Morgan fingerprint density at radius 2 is 0.649 bits per heavy atom. The summed E-state index contributed by atoms with van der Waals surface area (Å²) in [4.78, 5) is 0.